The van der Waals surface area contributed by atoms with Gasteiger partial charge in [-0.15, -0.1) is 11.3 Å². The molecule has 0 bridgehead atoms. The van der Waals surface area contributed by atoms with Crippen LogP contribution in [0.4, 0.5) is 5.69 Å². The zero-order chi connectivity index (χ0) is 19.2. The molecule has 0 aliphatic rings. The summed E-state index contributed by atoms with van der Waals surface area (Å²) in [5, 5.41) is 7.78. The summed E-state index contributed by atoms with van der Waals surface area (Å²) in [6, 6.07) is 9.48. The van der Waals surface area contributed by atoms with E-state index in [1.54, 1.807) is 43.5 Å². The van der Waals surface area contributed by atoms with Crippen LogP contribution in [-0.2, 0) is 11.2 Å². The van der Waals surface area contributed by atoms with Gasteiger partial charge in [-0.25, -0.2) is 0 Å². The van der Waals surface area contributed by atoms with E-state index in [-0.39, 0.29) is 17.7 Å². The monoisotopic (exact) mass is 400 g/mol. The first-order valence-electron chi connectivity index (χ1n) is 8.58. The number of rotatable bonds is 7. The molecule has 0 fully saturated rings. The van der Waals surface area contributed by atoms with E-state index in [9.17, 15) is 9.59 Å². The molecule has 0 spiro atoms. The molecule has 0 atom stereocenters. The Balaban J connectivity index is 1.81. The van der Waals surface area contributed by atoms with Crippen LogP contribution in [0.5, 0.6) is 0 Å². The Kier molecular flexibility index (Phi) is 6.31. The van der Waals surface area contributed by atoms with Gasteiger partial charge >= 0.3 is 0 Å². The van der Waals surface area contributed by atoms with Gasteiger partial charge < -0.3 is 10.6 Å². The van der Waals surface area contributed by atoms with E-state index in [1.807, 2.05) is 23.6 Å². The lowest BCUT2D eigenvalue weighted by Crippen LogP contribution is -2.26. The summed E-state index contributed by atoms with van der Waals surface area (Å²) in [6.45, 7) is 4.13. The normalized spacial score (nSPS) is 10.8. The molecule has 8 heteroatoms. The molecular formula is C19H20N4O2S2. The number of nitrogens with zero attached hydrogens (tertiary/aromatic N) is 2. The van der Waals surface area contributed by atoms with E-state index < -0.39 is 0 Å². The largest absolute Gasteiger partial charge is 0.351 e. The van der Waals surface area contributed by atoms with Crippen molar-refractivity contribution in [2.24, 2.45) is 5.92 Å². The molecule has 3 rings (SSSR count). The molecule has 6 nitrogen and oxygen atoms in total. The maximum absolute atomic E-state index is 12.7. The molecule has 0 saturated heterocycles. The SMILES string of the molecule is CC(C)C(=O)Nc1c(-c2ccccn2)nsc1C(=O)NCCc1cccs1. The van der Waals surface area contributed by atoms with Gasteiger partial charge in [-0.05, 0) is 41.5 Å². The number of carbonyl (C=O) groups excluding carboxylic acids is 2. The minimum absolute atomic E-state index is 0.167. The number of carbonyl (C=O) groups is 2. The van der Waals surface area contributed by atoms with E-state index in [0.29, 0.717) is 28.5 Å². The number of pyridine rings is 1. The van der Waals surface area contributed by atoms with E-state index in [0.717, 1.165) is 18.0 Å². The van der Waals surface area contributed by atoms with Crippen molar-refractivity contribution in [1.82, 2.24) is 14.7 Å². The van der Waals surface area contributed by atoms with Gasteiger partial charge in [0, 0.05) is 23.5 Å². The summed E-state index contributed by atoms with van der Waals surface area (Å²) in [4.78, 5) is 30.8. The molecule has 140 valence electrons. The predicted molar refractivity (Wildman–Crippen MR) is 109 cm³/mol. The van der Waals surface area contributed by atoms with Crippen LogP contribution in [0.2, 0.25) is 0 Å². The van der Waals surface area contributed by atoms with Gasteiger partial charge in [0.2, 0.25) is 5.91 Å². The van der Waals surface area contributed by atoms with Crippen molar-refractivity contribution in [3.05, 3.63) is 51.7 Å². The standard InChI is InChI=1S/C19H20N4O2S2/c1-12(2)18(24)22-16-15(14-7-3-4-9-20-14)23-27-17(16)19(25)21-10-8-13-6-5-11-26-13/h3-7,9,11-12H,8,10H2,1-2H3,(H,21,25)(H,22,24). The molecule has 0 aliphatic heterocycles. The second-order valence-electron chi connectivity index (χ2n) is 6.18. The zero-order valence-corrected chi connectivity index (χ0v) is 16.7. The Morgan fingerprint density at radius 3 is 2.70 bits per heavy atom. The van der Waals surface area contributed by atoms with E-state index in [4.69, 9.17) is 0 Å². The number of anilines is 1. The maximum Gasteiger partial charge on any atom is 0.265 e. The predicted octanol–water partition coefficient (Wildman–Crippen LogP) is 3.83. The first kappa shape index (κ1) is 19.2. The molecular weight excluding hydrogens is 380 g/mol. The van der Waals surface area contributed by atoms with Crippen molar-refractivity contribution in [2.75, 3.05) is 11.9 Å². The lowest BCUT2D eigenvalue weighted by molar-refractivity contribution is -0.118. The Morgan fingerprint density at radius 1 is 1.19 bits per heavy atom. The van der Waals surface area contributed by atoms with Crippen LogP contribution >= 0.6 is 22.9 Å². The van der Waals surface area contributed by atoms with Gasteiger partial charge in [0.25, 0.3) is 5.91 Å². The van der Waals surface area contributed by atoms with Crippen molar-refractivity contribution in [1.29, 1.82) is 0 Å². The Bertz CT molecular complexity index is 905. The summed E-state index contributed by atoms with van der Waals surface area (Å²) in [7, 11) is 0. The van der Waals surface area contributed by atoms with Gasteiger partial charge in [-0.1, -0.05) is 26.0 Å². The first-order chi connectivity index (χ1) is 13.1. The molecule has 2 N–H and O–H groups in total. The third-order valence-electron chi connectivity index (χ3n) is 3.82. The average Bonchev–Trinajstić information content (AvgIpc) is 3.32. The number of hydrogen-bond donors (Lipinski definition) is 2. The highest BCUT2D eigenvalue weighted by molar-refractivity contribution is 7.10. The maximum atomic E-state index is 12.7. The molecule has 0 aromatic carbocycles. The fourth-order valence-corrected chi connectivity index (χ4v) is 3.81. The van der Waals surface area contributed by atoms with Crippen LogP contribution in [0.3, 0.4) is 0 Å². The van der Waals surface area contributed by atoms with Gasteiger partial charge in [-0.3, -0.25) is 14.6 Å². The zero-order valence-electron chi connectivity index (χ0n) is 15.1. The number of amides is 2. The highest BCUT2D eigenvalue weighted by Gasteiger charge is 2.23. The van der Waals surface area contributed by atoms with Crippen LogP contribution in [0.1, 0.15) is 28.4 Å². The lowest BCUT2D eigenvalue weighted by atomic mass is 10.1. The van der Waals surface area contributed by atoms with Crippen molar-refractivity contribution < 1.29 is 9.59 Å². The van der Waals surface area contributed by atoms with Gasteiger partial charge in [0.05, 0.1) is 11.4 Å². The second kappa shape index (κ2) is 8.88. The molecule has 0 aliphatic carbocycles. The van der Waals surface area contributed by atoms with Gasteiger partial charge in [-0.2, -0.15) is 4.37 Å². The van der Waals surface area contributed by atoms with E-state index in [1.165, 1.54) is 4.88 Å². The summed E-state index contributed by atoms with van der Waals surface area (Å²) in [5.41, 5.74) is 1.55. The van der Waals surface area contributed by atoms with Crippen molar-refractivity contribution in [3.63, 3.8) is 0 Å². The molecule has 0 unspecified atom stereocenters. The summed E-state index contributed by atoms with van der Waals surface area (Å²) in [5.74, 6) is -0.624. The molecule has 3 heterocycles. The van der Waals surface area contributed by atoms with Crippen LogP contribution in [0.25, 0.3) is 11.4 Å². The van der Waals surface area contributed by atoms with Crippen LogP contribution in [0.15, 0.2) is 41.9 Å². The molecule has 0 saturated carbocycles. The quantitative estimate of drug-likeness (QED) is 0.631. The highest BCUT2D eigenvalue weighted by atomic mass is 32.1. The van der Waals surface area contributed by atoms with Crippen LogP contribution in [-0.4, -0.2) is 27.7 Å². The summed E-state index contributed by atoms with van der Waals surface area (Å²) >= 11 is 2.73. The molecule has 2 amide bonds. The third kappa shape index (κ3) is 4.78. The lowest BCUT2D eigenvalue weighted by Gasteiger charge is -2.10. The molecule has 3 aromatic rings. The van der Waals surface area contributed by atoms with Crippen LogP contribution in [0, 0.1) is 5.92 Å². The van der Waals surface area contributed by atoms with Crippen molar-refractivity contribution in [3.8, 4) is 11.4 Å². The number of nitrogens with one attached hydrogen (secondary N) is 2. The number of thiophene rings is 1. The summed E-state index contributed by atoms with van der Waals surface area (Å²) < 4.78 is 4.38. The van der Waals surface area contributed by atoms with E-state index >= 15 is 0 Å². The minimum Gasteiger partial charge on any atom is -0.351 e. The second-order valence-corrected chi connectivity index (χ2v) is 7.99. The summed E-state index contributed by atoms with van der Waals surface area (Å²) in [6.07, 6.45) is 2.42. The Hall–Kier alpha value is -2.58. The van der Waals surface area contributed by atoms with Crippen LogP contribution < -0.4 is 10.6 Å². The fourth-order valence-electron chi connectivity index (χ4n) is 2.34. The molecule has 0 radical (unpaired) electrons. The smallest absolute Gasteiger partial charge is 0.265 e. The topological polar surface area (TPSA) is 84.0 Å². The third-order valence-corrected chi connectivity index (χ3v) is 5.60. The number of aromatic nitrogens is 2. The first-order valence-corrected chi connectivity index (χ1v) is 10.2. The highest BCUT2D eigenvalue weighted by Crippen LogP contribution is 2.32. The van der Waals surface area contributed by atoms with Gasteiger partial charge in [0.15, 0.2) is 0 Å². The molecule has 3 aromatic heterocycles. The Labute approximate surface area is 165 Å². The van der Waals surface area contributed by atoms with Crippen molar-refractivity contribution >= 4 is 40.4 Å². The van der Waals surface area contributed by atoms with Gasteiger partial charge in [0.1, 0.15) is 10.6 Å². The average molecular weight is 401 g/mol. The fraction of sp³-hybridized carbons (Fsp3) is 0.263. The Morgan fingerprint density at radius 2 is 2.04 bits per heavy atom. The van der Waals surface area contributed by atoms with Crippen molar-refractivity contribution in [2.45, 2.75) is 20.3 Å². The number of hydrogen-bond acceptors (Lipinski definition) is 6. The minimum atomic E-state index is -0.245. The molecule has 27 heavy (non-hydrogen) atoms. The van der Waals surface area contributed by atoms with E-state index in [2.05, 4.69) is 20.0 Å².